The minimum absolute atomic E-state index is 0.0139. The van der Waals surface area contributed by atoms with Crippen LogP contribution in [0.25, 0.3) is 0 Å². The van der Waals surface area contributed by atoms with Crippen LogP contribution in [0.3, 0.4) is 0 Å². The van der Waals surface area contributed by atoms with E-state index in [0.717, 1.165) is 44.3 Å². The first-order valence-corrected chi connectivity index (χ1v) is 9.39. The number of carbonyl (C=O) groups excluding carboxylic acids is 1. The molecule has 2 N–H and O–H groups in total. The maximum atomic E-state index is 12.2. The van der Waals surface area contributed by atoms with Crippen LogP contribution in [-0.4, -0.2) is 36.9 Å². The molecule has 0 spiro atoms. The zero-order chi connectivity index (χ0) is 18.1. The van der Waals surface area contributed by atoms with Crippen molar-refractivity contribution >= 4 is 5.91 Å². The summed E-state index contributed by atoms with van der Waals surface area (Å²) in [5.74, 6) is 0.495. The van der Waals surface area contributed by atoms with Gasteiger partial charge in [0.1, 0.15) is 0 Å². The molecule has 1 aromatic rings. The molecule has 140 valence electrons. The number of methoxy groups -OCH3 is 1. The topological polar surface area (TPSA) is 67.8 Å². The third-order valence-corrected chi connectivity index (χ3v) is 4.75. The van der Waals surface area contributed by atoms with E-state index in [-0.39, 0.29) is 17.7 Å². The van der Waals surface area contributed by atoms with Gasteiger partial charge >= 0.3 is 0 Å². The first-order chi connectivity index (χ1) is 12.1. The van der Waals surface area contributed by atoms with E-state index < -0.39 is 0 Å². The van der Waals surface area contributed by atoms with E-state index in [0.29, 0.717) is 18.3 Å². The number of amides is 1. The quantitative estimate of drug-likeness (QED) is 0.669. The molecule has 1 aromatic carbocycles. The predicted molar refractivity (Wildman–Crippen MR) is 98.0 cm³/mol. The van der Waals surface area contributed by atoms with Crippen LogP contribution in [0.5, 0.6) is 11.5 Å². The van der Waals surface area contributed by atoms with Gasteiger partial charge in [0.15, 0.2) is 11.5 Å². The molecule has 1 fully saturated rings. The summed E-state index contributed by atoms with van der Waals surface area (Å²) in [7, 11) is 1.50. The first kappa shape index (κ1) is 19.6. The Bertz CT molecular complexity index is 538. The van der Waals surface area contributed by atoms with Gasteiger partial charge in [0.05, 0.1) is 19.6 Å². The van der Waals surface area contributed by atoms with Crippen molar-refractivity contribution in [2.75, 3.05) is 13.7 Å². The maximum absolute atomic E-state index is 12.2. The van der Waals surface area contributed by atoms with Gasteiger partial charge < -0.3 is 19.9 Å². The smallest absolute Gasteiger partial charge is 0.224 e. The van der Waals surface area contributed by atoms with Crippen LogP contribution in [-0.2, 0) is 16.0 Å². The third-order valence-electron chi connectivity index (χ3n) is 4.75. The first-order valence-electron chi connectivity index (χ1n) is 9.39. The van der Waals surface area contributed by atoms with Crippen LogP contribution in [0.1, 0.15) is 57.4 Å². The van der Waals surface area contributed by atoms with Crippen LogP contribution < -0.4 is 10.1 Å². The summed E-state index contributed by atoms with van der Waals surface area (Å²) in [5.41, 5.74) is 0.833. The summed E-state index contributed by atoms with van der Waals surface area (Å²) in [6.45, 7) is 3.06. The van der Waals surface area contributed by atoms with Gasteiger partial charge in [-0.3, -0.25) is 4.79 Å². The Labute approximate surface area is 150 Å². The van der Waals surface area contributed by atoms with Crippen LogP contribution in [0.15, 0.2) is 18.2 Å². The molecular weight excluding hydrogens is 318 g/mol. The van der Waals surface area contributed by atoms with Crippen LogP contribution in [0.4, 0.5) is 0 Å². The Morgan fingerprint density at radius 3 is 2.68 bits per heavy atom. The summed E-state index contributed by atoms with van der Waals surface area (Å²) >= 11 is 0. The normalized spacial score (nSPS) is 20.2. The fraction of sp³-hybridized carbons (Fsp3) is 0.650. The van der Waals surface area contributed by atoms with Crippen LogP contribution in [0, 0.1) is 0 Å². The van der Waals surface area contributed by atoms with Gasteiger partial charge in [-0.25, -0.2) is 0 Å². The van der Waals surface area contributed by atoms with Crippen molar-refractivity contribution < 1.29 is 19.4 Å². The number of hydrogen-bond donors (Lipinski definition) is 2. The highest BCUT2D eigenvalue weighted by Crippen LogP contribution is 2.26. The Balaban J connectivity index is 1.70. The Morgan fingerprint density at radius 1 is 1.24 bits per heavy atom. The number of phenolic OH excluding ortho intramolecular Hbond substituents is 1. The number of rotatable bonds is 9. The Kier molecular flexibility index (Phi) is 8.06. The van der Waals surface area contributed by atoms with Crippen molar-refractivity contribution in [3.63, 3.8) is 0 Å². The standard InChI is InChI=1S/C20H31NO4/c1-3-4-5-12-25-17-9-7-16(8-10-17)21-20(23)14-15-6-11-18(22)19(13-15)24-2/h6,11,13,16-17,22H,3-5,7-10,12,14H2,1-2H3,(H,21,23). The molecule has 5 nitrogen and oxygen atoms in total. The van der Waals surface area contributed by atoms with Crippen molar-refractivity contribution in [1.29, 1.82) is 0 Å². The summed E-state index contributed by atoms with van der Waals surface area (Å²) in [6.07, 6.45) is 8.22. The zero-order valence-corrected chi connectivity index (χ0v) is 15.4. The van der Waals surface area contributed by atoms with E-state index in [1.54, 1.807) is 18.2 Å². The minimum Gasteiger partial charge on any atom is -0.504 e. The highest BCUT2D eigenvalue weighted by Gasteiger charge is 2.22. The largest absolute Gasteiger partial charge is 0.504 e. The average Bonchev–Trinajstić information content (AvgIpc) is 2.61. The number of carbonyl (C=O) groups is 1. The van der Waals surface area contributed by atoms with Gasteiger partial charge in [0.2, 0.25) is 5.91 Å². The zero-order valence-electron chi connectivity index (χ0n) is 15.4. The SMILES string of the molecule is CCCCCOC1CCC(NC(=O)Cc2ccc(O)c(OC)c2)CC1. The van der Waals surface area contributed by atoms with E-state index in [2.05, 4.69) is 12.2 Å². The van der Waals surface area contributed by atoms with Crippen molar-refractivity contribution in [3.05, 3.63) is 23.8 Å². The van der Waals surface area contributed by atoms with E-state index in [9.17, 15) is 9.90 Å². The number of benzene rings is 1. The Morgan fingerprint density at radius 2 is 2.00 bits per heavy atom. The fourth-order valence-corrected chi connectivity index (χ4v) is 3.27. The van der Waals surface area contributed by atoms with Crippen molar-refractivity contribution in [3.8, 4) is 11.5 Å². The van der Waals surface area contributed by atoms with Gasteiger partial charge in [-0.1, -0.05) is 25.8 Å². The highest BCUT2D eigenvalue weighted by molar-refractivity contribution is 5.79. The van der Waals surface area contributed by atoms with E-state index >= 15 is 0 Å². The van der Waals surface area contributed by atoms with Gasteiger partial charge in [-0.15, -0.1) is 0 Å². The number of aromatic hydroxyl groups is 1. The monoisotopic (exact) mass is 349 g/mol. The van der Waals surface area contributed by atoms with E-state index in [1.165, 1.54) is 20.0 Å². The number of hydrogen-bond acceptors (Lipinski definition) is 4. The number of ether oxygens (including phenoxy) is 2. The third kappa shape index (κ3) is 6.58. The van der Waals surface area contributed by atoms with Crippen molar-refractivity contribution in [2.24, 2.45) is 0 Å². The van der Waals surface area contributed by atoms with Crippen molar-refractivity contribution in [2.45, 2.75) is 70.4 Å². The van der Waals surface area contributed by atoms with Crippen LogP contribution >= 0.6 is 0 Å². The molecule has 0 bridgehead atoms. The summed E-state index contributed by atoms with van der Waals surface area (Å²) in [6, 6.07) is 5.25. The fourth-order valence-electron chi connectivity index (χ4n) is 3.27. The molecule has 0 aromatic heterocycles. The summed E-state index contributed by atoms with van der Waals surface area (Å²) in [4.78, 5) is 12.2. The number of nitrogens with one attached hydrogen (secondary N) is 1. The molecule has 1 amide bonds. The number of unbranched alkanes of at least 4 members (excludes halogenated alkanes) is 2. The molecular formula is C20H31NO4. The van der Waals surface area contributed by atoms with Crippen molar-refractivity contribution in [1.82, 2.24) is 5.32 Å². The summed E-state index contributed by atoms with van der Waals surface area (Å²) < 4.78 is 11.0. The van der Waals surface area contributed by atoms with E-state index in [4.69, 9.17) is 9.47 Å². The Hall–Kier alpha value is -1.75. The van der Waals surface area contributed by atoms with E-state index in [1.807, 2.05) is 0 Å². The van der Waals surface area contributed by atoms with Gasteiger partial charge in [-0.2, -0.15) is 0 Å². The molecule has 1 saturated carbocycles. The molecule has 0 aliphatic heterocycles. The minimum atomic E-state index is 0.0139. The molecule has 0 heterocycles. The molecule has 0 radical (unpaired) electrons. The lowest BCUT2D eigenvalue weighted by atomic mass is 9.92. The highest BCUT2D eigenvalue weighted by atomic mass is 16.5. The molecule has 1 aliphatic rings. The van der Waals surface area contributed by atoms with Crippen LogP contribution in [0.2, 0.25) is 0 Å². The molecule has 0 saturated heterocycles. The lowest BCUT2D eigenvalue weighted by Gasteiger charge is -2.29. The number of phenols is 1. The lowest BCUT2D eigenvalue weighted by Crippen LogP contribution is -2.39. The molecule has 0 unspecified atom stereocenters. The average molecular weight is 349 g/mol. The van der Waals surface area contributed by atoms with Gasteiger partial charge in [-0.05, 0) is 49.8 Å². The second-order valence-corrected chi connectivity index (χ2v) is 6.80. The predicted octanol–water partition coefficient (Wildman–Crippen LogP) is 3.58. The molecule has 0 atom stereocenters. The molecule has 5 heteroatoms. The maximum Gasteiger partial charge on any atom is 0.224 e. The second-order valence-electron chi connectivity index (χ2n) is 6.80. The molecule has 1 aliphatic carbocycles. The van der Waals surface area contributed by atoms with Gasteiger partial charge in [0.25, 0.3) is 0 Å². The second kappa shape index (κ2) is 10.3. The summed E-state index contributed by atoms with van der Waals surface area (Å²) in [5, 5.41) is 12.7. The van der Waals surface area contributed by atoms with Gasteiger partial charge in [0, 0.05) is 12.6 Å². The lowest BCUT2D eigenvalue weighted by molar-refractivity contribution is -0.121. The molecule has 25 heavy (non-hydrogen) atoms. The molecule has 2 rings (SSSR count).